The molecule has 0 unspecified atom stereocenters. The first-order valence-corrected chi connectivity index (χ1v) is 8.51. The van der Waals surface area contributed by atoms with Gasteiger partial charge in [-0.05, 0) is 38.3 Å². The maximum atomic E-state index is 4.64. The third-order valence-electron chi connectivity index (χ3n) is 4.02. The summed E-state index contributed by atoms with van der Waals surface area (Å²) >= 11 is 1.74. The van der Waals surface area contributed by atoms with Gasteiger partial charge in [0.15, 0.2) is 5.82 Å². The number of H-pyrrole nitrogens is 1. The van der Waals surface area contributed by atoms with Crippen LogP contribution < -0.4 is 10.2 Å². The van der Waals surface area contributed by atoms with Crippen LogP contribution in [0, 0.1) is 0 Å². The fourth-order valence-electron chi connectivity index (χ4n) is 2.64. The quantitative estimate of drug-likeness (QED) is 0.849. The lowest BCUT2D eigenvalue weighted by molar-refractivity contribution is 0.439. The first kappa shape index (κ1) is 14.4. The van der Waals surface area contributed by atoms with Gasteiger partial charge in [-0.3, -0.25) is 5.10 Å². The lowest BCUT2D eigenvalue weighted by atomic mass is 10.1. The molecule has 0 spiro atoms. The van der Waals surface area contributed by atoms with Gasteiger partial charge in [0, 0.05) is 29.6 Å². The number of rotatable bonds is 4. The minimum absolute atomic E-state index is 0.624. The minimum Gasteiger partial charge on any atom is -0.339 e. The van der Waals surface area contributed by atoms with Crippen LogP contribution in [0.2, 0.25) is 0 Å². The summed E-state index contributed by atoms with van der Waals surface area (Å²) in [5.74, 6) is 1.65. The molecule has 2 aromatic rings. The fourth-order valence-corrected chi connectivity index (χ4v) is 3.05. The van der Waals surface area contributed by atoms with Crippen molar-refractivity contribution in [3.63, 3.8) is 0 Å². The van der Waals surface area contributed by atoms with Crippen LogP contribution in [0.15, 0.2) is 29.2 Å². The molecular weight excluding hydrogens is 282 g/mol. The summed E-state index contributed by atoms with van der Waals surface area (Å²) in [4.78, 5) is 8.15. The van der Waals surface area contributed by atoms with Crippen molar-refractivity contribution in [2.75, 3.05) is 31.3 Å². The molecular formula is C15H21N5S. The Balaban J connectivity index is 1.71. The Bertz CT molecular complexity index is 572. The molecule has 1 aliphatic rings. The SMILES string of the molecule is CNC1CCN(c2n[nH]c(-c3ccc(SC)cc3)n2)CC1. The Labute approximate surface area is 129 Å². The number of aromatic nitrogens is 3. The van der Waals surface area contributed by atoms with E-state index >= 15 is 0 Å². The first-order chi connectivity index (χ1) is 10.3. The van der Waals surface area contributed by atoms with Gasteiger partial charge in [0.25, 0.3) is 0 Å². The van der Waals surface area contributed by atoms with Gasteiger partial charge in [0.2, 0.25) is 5.95 Å². The van der Waals surface area contributed by atoms with Crippen molar-refractivity contribution < 1.29 is 0 Å². The molecule has 0 radical (unpaired) electrons. The van der Waals surface area contributed by atoms with Gasteiger partial charge < -0.3 is 10.2 Å². The van der Waals surface area contributed by atoms with Crippen LogP contribution in [0.3, 0.4) is 0 Å². The second-order valence-electron chi connectivity index (χ2n) is 5.26. The lowest BCUT2D eigenvalue weighted by Gasteiger charge is -2.30. The van der Waals surface area contributed by atoms with Crippen molar-refractivity contribution >= 4 is 17.7 Å². The van der Waals surface area contributed by atoms with Gasteiger partial charge in [0.1, 0.15) is 0 Å². The minimum atomic E-state index is 0.624. The highest BCUT2D eigenvalue weighted by Gasteiger charge is 2.20. The van der Waals surface area contributed by atoms with Crippen molar-refractivity contribution in [3.05, 3.63) is 24.3 Å². The summed E-state index contributed by atoms with van der Waals surface area (Å²) in [6.45, 7) is 2.02. The standard InChI is InChI=1S/C15H21N5S/c1-16-12-7-9-20(10-8-12)15-17-14(18-19-15)11-3-5-13(21-2)6-4-11/h3-6,12,16H,7-10H2,1-2H3,(H,17,18,19). The molecule has 0 saturated carbocycles. The molecule has 0 amide bonds. The average Bonchev–Trinajstić information content (AvgIpc) is 3.05. The molecule has 2 N–H and O–H groups in total. The van der Waals surface area contributed by atoms with Crippen LogP contribution >= 0.6 is 11.8 Å². The number of hydrogen-bond acceptors (Lipinski definition) is 5. The summed E-state index contributed by atoms with van der Waals surface area (Å²) in [5, 5.41) is 10.8. The predicted octanol–water partition coefficient (Wildman–Crippen LogP) is 2.38. The molecule has 3 rings (SSSR count). The van der Waals surface area contributed by atoms with Crippen LogP contribution in [0.25, 0.3) is 11.4 Å². The molecule has 1 aliphatic heterocycles. The monoisotopic (exact) mass is 303 g/mol. The molecule has 1 saturated heterocycles. The highest BCUT2D eigenvalue weighted by atomic mass is 32.2. The van der Waals surface area contributed by atoms with Crippen LogP contribution in [0.1, 0.15) is 12.8 Å². The summed E-state index contributed by atoms with van der Waals surface area (Å²) in [5.41, 5.74) is 1.08. The zero-order valence-corrected chi connectivity index (χ0v) is 13.3. The van der Waals surface area contributed by atoms with E-state index in [1.54, 1.807) is 11.8 Å². The highest BCUT2D eigenvalue weighted by molar-refractivity contribution is 7.98. The topological polar surface area (TPSA) is 56.8 Å². The van der Waals surface area contributed by atoms with Gasteiger partial charge in [-0.2, -0.15) is 4.98 Å². The fraction of sp³-hybridized carbons (Fsp3) is 0.467. The van der Waals surface area contributed by atoms with E-state index < -0.39 is 0 Å². The summed E-state index contributed by atoms with van der Waals surface area (Å²) < 4.78 is 0. The zero-order chi connectivity index (χ0) is 14.7. The lowest BCUT2D eigenvalue weighted by Crippen LogP contribution is -2.41. The smallest absolute Gasteiger partial charge is 0.245 e. The van der Waals surface area contributed by atoms with E-state index in [0.717, 1.165) is 43.3 Å². The van der Waals surface area contributed by atoms with Crippen molar-refractivity contribution in [1.82, 2.24) is 20.5 Å². The number of piperidine rings is 1. The molecule has 1 fully saturated rings. The second-order valence-corrected chi connectivity index (χ2v) is 6.14. The molecule has 6 heteroatoms. The zero-order valence-electron chi connectivity index (χ0n) is 12.5. The Kier molecular flexibility index (Phi) is 4.45. The Morgan fingerprint density at radius 2 is 1.95 bits per heavy atom. The average molecular weight is 303 g/mol. The van der Waals surface area contributed by atoms with E-state index in [2.05, 4.69) is 55.9 Å². The van der Waals surface area contributed by atoms with Crippen molar-refractivity contribution in [2.24, 2.45) is 0 Å². The number of hydrogen-bond donors (Lipinski definition) is 2. The van der Waals surface area contributed by atoms with Crippen LogP contribution in [-0.4, -0.2) is 47.6 Å². The predicted molar refractivity (Wildman–Crippen MR) is 87.9 cm³/mol. The molecule has 2 heterocycles. The third kappa shape index (κ3) is 3.22. The Morgan fingerprint density at radius 1 is 1.24 bits per heavy atom. The molecule has 0 aliphatic carbocycles. The number of thioether (sulfide) groups is 1. The largest absolute Gasteiger partial charge is 0.339 e. The van der Waals surface area contributed by atoms with Gasteiger partial charge in [-0.25, -0.2) is 0 Å². The maximum absolute atomic E-state index is 4.64. The normalized spacial score (nSPS) is 16.4. The molecule has 0 bridgehead atoms. The number of nitrogens with one attached hydrogen (secondary N) is 2. The second kappa shape index (κ2) is 6.49. The van der Waals surface area contributed by atoms with E-state index in [1.165, 1.54) is 4.90 Å². The number of anilines is 1. The van der Waals surface area contributed by atoms with Crippen LogP contribution in [0.4, 0.5) is 5.95 Å². The highest BCUT2D eigenvalue weighted by Crippen LogP contribution is 2.23. The first-order valence-electron chi connectivity index (χ1n) is 7.29. The van der Waals surface area contributed by atoms with Crippen LogP contribution in [-0.2, 0) is 0 Å². The van der Waals surface area contributed by atoms with Crippen molar-refractivity contribution in [2.45, 2.75) is 23.8 Å². The summed E-state index contributed by atoms with van der Waals surface area (Å²) in [6.07, 6.45) is 4.36. The van der Waals surface area contributed by atoms with E-state index in [1.807, 2.05) is 7.05 Å². The van der Waals surface area contributed by atoms with Crippen LogP contribution in [0.5, 0.6) is 0 Å². The van der Waals surface area contributed by atoms with Crippen molar-refractivity contribution in [3.8, 4) is 11.4 Å². The molecule has 112 valence electrons. The van der Waals surface area contributed by atoms with E-state index in [0.29, 0.717) is 6.04 Å². The van der Waals surface area contributed by atoms with Crippen molar-refractivity contribution in [1.29, 1.82) is 0 Å². The molecule has 5 nitrogen and oxygen atoms in total. The molecule has 21 heavy (non-hydrogen) atoms. The van der Waals surface area contributed by atoms with E-state index in [4.69, 9.17) is 0 Å². The summed E-state index contributed by atoms with van der Waals surface area (Å²) in [7, 11) is 2.03. The Hall–Kier alpha value is -1.53. The van der Waals surface area contributed by atoms with Gasteiger partial charge in [-0.15, -0.1) is 16.9 Å². The third-order valence-corrected chi connectivity index (χ3v) is 4.77. The van der Waals surface area contributed by atoms with Gasteiger partial charge in [0.05, 0.1) is 0 Å². The summed E-state index contributed by atoms with van der Waals surface area (Å²) in [6, 6.07) is 9.02. The number of nitrogens with zero attached hydrogens (tertiary/aromatic N) is 3. The number of aromatic amines is 1. The van der Waals surface area contributed by atoms with Gasteiger partial charge >= 0.3 is 0 Å². The molecule has 0 atom stereocenters. The van der Waals surface area contributed by atoms with E-state index in [-0.39, 0.29) is 0 Å². The molecule has 1 aromatic heterocycles. The van der Waals surface area contributed by atoms with Gasteiger partial charge in [-0.1, -0.05) is 12.1 Å². The van der Waals surface area contributed by atoms with E-state index in [9.17, 15) is 0 Å². The maximum Gasteiger partial charge on any atom is 0.245 e. The Morgan fingerprint density at radius 3 is 2.57 bits per heavy atom. The molecule has 1 aromatic carbocycles. The number of benzene rings is 1.